The van der Waals surface area contributed by atoms with Crippen molar-refractivity contribution in [3.05, 3.63) is 0 Å². The summed E-state index contributed by atoms with van der Waals surface area (Å²) in [5.41, 5.74) is 0. The van der Waals surface area contributed by atoms with Crippen LogP contribution >= 0.6 is 0 Å². The molecular weight excluding hydrogens is 172 g/mol. The first kappa shape index (κ1) is 18.6. The third-order valence-corrected chi connectivity index (χ3v) is 0.577. The number of rotatable bonds is 4. The highest BCUT2D eigenvalue weighted by Gasteiger charge is 1.88. The molecule has 5 heteroatoms. The number of aliphatic hydroxyl groups is 2. The Morgan fingerprint density at radius 2 is 1.15 bits per heavy atom. The van der Waals surface area contributed by atoms with Crippen LogP contribution in [0.2, 0.25) is 0 Å². The number of nitrogens with one attached hydrogen (secondary N) is 1. The van der Waals surface area contributed by atoms with E-state index < -0.39 is 0 Å². The van der Waals surface area contributed by atoms with E-state index in [1.165, 1.54) is 0 Å². The fraction of sp³-hybridized carbons (Fsp3) is 1.00. The van der Waals surface area contributed by atoms with E-state index in [1.54, 1.807) is 0 Å². The van der Waals surface area contributed by atoms with Gasteiger partial charge in [-0.15, -0.1) is 0 Å². The number of quaternary nitrogens is 1. The van der Waals surface area contributed by atoms with Crippen LogP contribution in [0.3, 0.4) is 0 Å². The topological polar surface area (TPSA) is 82.5 Å². The van der Waals surface area contributed by atoms with Crippen molar-refractivity contribution < 1.29 is 20.2 Å². The van der Waals surface area contributed by atoms with E-state index in [-0.39, 0.29) is 18.7 Å². The molecule has 0 aliphatic carbocycles. The van der Waals surface area contributed by atoms with Gasteiger partial charge in [-0.1, -0.05) is 0 Å². The second-order valence-corrected chi connectivity index (χ2v) is 3.88. The van der Waals surface area contributed by atoms with Gasteiger partial charge in [-0.05, 0) is 0 Å². The Balaban J connectivity index is -0.000000150. The Morgan fingerprint density at radius 1 is 0.923 bits per heavy atom. The lowest BCUT2D eigenvalue weighted by Gasteiger charge is -2.14. The molecule has 0 spiro atoms. The molecule has 84 valence electrons. The average molecular weight is 196 g/mol. The van der Waals surface area contributed by atoms with Crippen molar-refractivity contribution in [2.24, 2.45) is 0 Å². The van der Waals surface area contributed by atoms with Crippen LogP contribution in [0.5, 0.6) is 0 Å². The molecule has 0 aromatic heterocycles. The number of hydrogen-bond acceptors (Lipinski definition) is 4. The standard InChI is InChI=1S/C4H11NO2.C4H12N.H2O/c6-3-1-5-2-4-7;1-5(2,3)4;/h5-7H,1-4H2;1-4H3;1H2/q;+1;/p-1. The van der Waals surface area contributed by atoms with Crippen molar-refractivity contribution in [1.82, 2.24) is 5.32 Å². The Morgan fingerprint density at radius 3 is 1.31 bits per heavy atom. The van der Waals surface area contributed by atoms with Crippen LogP contribution in [0, 0.1) is 0 Å². The van der Waals surface area contributed by atoms with Crippen molar-refractivity contribution in [1.29, 1.82) is 0 Å². The van der Waals surface area contributed by atoms with Gasteiger partial charge in [-0.2, -0.15) is 0 Å². The average Bonchev–Trinajstić information content (AvgIpc) is 1.85. The fourth-order valence-corrected chi connectivity index (χ4v) is 0.283. The highest BCUT2D eigenvalue weighted by Crippen LogP contribution is 1.73. The molecule has 0 saturated heterocycles. The summed E-state index contributed by atoms with van der Waals surface area (Å²) in [5, 5.41) is 19.1. The minimum atomic E-state index is 0. The van der Waals surface area contributed by atoms with Gasteiger partial charge in [0.15, 0.2) is 0 Å². The van der Waals surface area contributed by atoms with Gasteiger partial charge in [0.1, 0.15) is 0 Å². The quantitative estimate of drug-likeness (QED) is 0.386. The summed E-state index contributed by atoms with van der Waals surface area (Å²) < 4.78 is 1.00. The molecule has 0 unspecified atom stereocenters. The summed E-state index contributed by atoms with van der Waals surface area (Å²) >= 11 is 0. The molecule has 0 rings (SSSR count). The zero-order valence-corrected chi connectivity index (χ0v) is 9.12. The lowest BCUT2D eigenvalue weighted by molar-refractivity contribution is -0.849. The van der Waals surface area contributed by atoms with Crippen LogP contribution < -0.4 is 5.32 Å². The number of nitrogens with zero attached hydrogens (tertiary/aromatic N) is 1. The smallest absolute Gasteiger partial charge is 0.0675 e. The molecule has 0 amide bonds. The molecule has 0 aliphatic rings. The third-order valence-electron chi connectivity index (χ3n) is 0.577. The van der Waals surface area contributed by atoms with Gasteiger partial charge in [-0.25, -0.2) is 0 Å². The minimum absolute atomic E-state index is 0. The highest BCUT2D eigenvalue weighted by molar-refractivity contribution is 4.39. The first-order valence-corrected chi connectivity index (χ1v) is 4.13. The first-order chi connectivity index (χ1) is 5.41. The predicted molar refractivity (Wildman–Crippen MR) is 52.9 cm³/mol. The van der Waals surface area contributed by atoms with Crippen LogP contribution in [0.1, 0.15) is 0 Å². The summed E-state index contributed by atoms with van der Waals surface area (Å²) in [6.07, 6.45) is 0. The molecule has 0 aromatic rings. The molecule has 0 aliphatic heterocycles. The molecule has 0 heterocycles. The first-order valence-electron chi connectivity index (χ1n) is 4.13. The van der Waals surface area contributed by atoms with Crippen molar-refractivity contribution in [3.63, 3.8) is 0 Å². The van der Waals surface area contributed by atoms with E-state index in [0.29, 0.717) is 13.1 Å². The van der Waals surface area contributed by atoms with E-state index in [0.717, 1.165) is 4.48 Å². The molecule has 0 fully saturated rings. The number of aliphatic hydroxyl groups excluding tert-OH is 2. The molecule has 5 nitrogen and oxygen atoms in total. The van der Waals surface area contributed by atoms with Crippen LogP contribution in [0.25, 0.3) is 0 Å². The molecule has 0 saturated carbocycles. The zero-order valence-electron chi connectivity index (χ0n) is 9.12. The zero-order chi connectivity index (χ0) is 10.0. The molecule has 0 atom stereocenters. The van der Waals surface area contributed by atoms with Crippen LogP contribution in [0.15, 0.2) is 0 Å². The molecular formula is C8H24N2O3. The van der Waals surface area contributed by atoms with Gasteiger partial charge in [-0.3, -0.25) is 0 Å². The molecule has 4 N–H and O–H groups in total. The second-order valence-electron chi connectivity index (χ2n) is 3.88. The second kappa shape index (κ2) is 11.8. The minimum Gasteiger partial charge on any atom is -0.870 e. The molecule has 0 aromatic carbocycles. The van der Waals surface area contributed by atoms with Gasteiger partial charge in [0, 0.05) is 13.1 Å². The monoisotopic (exact) mass is 196 g/mol. The summed E-state index contributed by atoms with van der Waals surface area (Å²) in [4.78, 5) is 0. The van der Waals surface area contributed by atoms with Crippen molar-refractivity contribution >= 4 is 0 Å². The van der Waals surface area contributed by atoms with E-state index in [1.807, 2.05) is 0 Å². The maximum atomic E-state index is 8.15. The Bertz CT molecular complexity index is 73.9. The predicted octanol–water partition coefficient (Wildman–Crippen LogP) is -1.29. The highest BCUT2D eigenvalue weighted by atomic mass is 16.3. The number of hydrogen-bond donors (Lipinski definition) is 3. The Labute approximate surface area is 80.9 Å². The lowest BCUT2D eigenvalue weighted by Crippen LogP contribution is -2.27. The normalized spacial score (nSPS) is 9.69. The van der Waals surface area contributed by atoms with E-state index in [2.05, 4.69) is 33.5 Å². The third kappa shape index (κ3) is 78.5. The molecule has 0 radical (unpaired) electrons. The van der Waals surface area contributed by atoms with Crippen molar-refractivity contribution in [2.75, 3.05) is 54.5 Å². The van der Waals surface area contributed by atoms with Gasteiger partial charge < -0.3 is 25.5 Å². The lowest BCUT2D eigenvalue weighted by atomic mass is 10.6. The van der Waals surface area contributed by atoms with Crippen LogP contribution in [-0.4, -0.2) is 74.7 Å². The van der Waals surface area contributed by atoms with Crippen LogP contribution in [-0.2, 0) is 0 Å². The maximum Gasteiger partial charge on any atom is 0.0675 e. The Kier molecular flexibility index (Phi) is 16.8. The van der Waals surface area contributed by atoms with Crippen molar-refractivity contribution in [2.45, 2.75) is 0 Å². The summed E-state index contributed by atoms with van der Waals surface area (Å²) in [7, 11) is 8.50. The van der Waals surface area contributed by atoms with Gasteiger partial charge in [0.25, 0.3) is 0 Å². The summed E-state index contributed by atoms with van der Waals surface area (Å²) in [6.45, 7) is 1.42. The van der Waals surface area contributed by atoms with Gasteiger partial charge in [0.05, 0.1) is 41.4 Å². The fourth-order valence-electron chi connectivity index (χ4n) is 0.283. The van der Waals surface area contributed by atoms with Crippen LogP contribution in [0.4, 0.5) is 0 Å². The van der Waals surface area contributed by atoms with Crippen molar-refractivity contribution in [3.8, 4) is 0 Å². The van der Waals surface area contributed by atoms with Gasteiger partial charge >= 0.3 is 0 Å². The summed E-state index contributed by atoms with van der Waals surface area (Å²) in [6, 6.07) is 0. The van der Waals surface area contributed by atoms with E-state index in [4.69, 9.17) is 10.2 Å². The largest absolute Gasteiger partial charge is 0.870 e. The molecule has 13 heavy (non-hydrogen) atoms. The van der Waals surface area contributed by atoms with E-state index >= 15 is 0 Å². The van der Waals surface area contributed by atoms with Gasteiger partial charge in [0.2, 0.25) is 0 Å². The maximum absolute atomic E-state index is 8.15. The Hall–Kier alpha value is -0.200. The SMILES string of the molecule is C[N+](C)(C)C.OCCNCCO.[OH-]. The molecule has 0 bridgehead atoms. The summed E-state index contributed by atoms with van der Waals surface area (Å²) in [5.74, 6) is 0. The van der Waals surface area contributed by atoms with E-state index in [9.17, 15) is 0 Å².